The first-order valence-corrected chi connectivity index (χ1v) is 8.59. The summed E-state index contributed by atoms with van der Waals surface area (Å²) >= 11 is 0. The van der Waals surface area contributed by atoms with Crippen molar-refractivity contribution in [3.05, 3.63) is 53.1 Å². The summed E-state index contributed by atoms with van der Waals surface area (Å²) in [6.07, 6.45) is 2.58. The van der Waals surface area contributed by atoms with E-state index in [1.165, 1.54) is 29.3 Å². The highest BCUT2D eigenvalue weighted by Crippen LogP contribution is 2.26. The molecule has 3 N–H and O–H groups in total. The predicted octanol–water partition coefficient (Wildman–Crippen LogP) is 2.89. The minimum absolute atomic E-state index is 0.00647. The van der Waals surface area contributed by atoms with Gasteiger partial charge in [0.05, 0.1) is 5.71 Å². The molecule has 1 amide bonds. The van der Waals surface area contributed by atoms with Gasteiger partial charge in [-0.05, 0) is 74.6 Å². The zero-order chi connectivity index (χ0) is 18.7. The van der Waals surface area contributed by atoms with Gasteiger partial charge < -0.3 is 14.9 Å². The molecule has 1 aliphatic rings. The van der Waals surface area contributed by atoms with Crippen LogP contribution < -0.4 is 10.2 Å². The first kappa shape index (κ1) is 17.8. The van der Waals surface area contributed by atoms with Crippen molar-refractivity contribution in [2.24, 2.45) is 5.10 Å². The Bertz CT molecular complexity index is 861. The van der Waals surface area contributed by atoms with Gasteiger partial charge in [0, 0.05) is 5.56 Å². The van der Waals surface area contributed by atoms with Crippen molar-refractivity contribution in [1.29, 1.82) is 0 Å². The number of amides is 1. The fraction of sp³-hybridized carbons (Fsp3) is 0.300. The lowest BCUT2D eigenvalue weighted by Gasteiger charge is -2.14. The number of nitrogens with one attached hydrogen (secondary N) is 1. The fourth-order valence-corrected chi connectivity index (χ4v) is 2.98. The zero-order valence-corrected chi connectivity index (χ0v) is 14.8. The van der Waals surface area contributed by atoms with Crippen LogP contribution in [0.4, 0.5) is 0 Å². The van der Waals surface area contributed by atoms with E-state index in [-0.39, 0.29) is 11.5 Å². The molecule has 0 saturated heterocycles. The summed E-state index contributed by atoms with van der Waals surface area (Å²) < 4.78 is 5.71. The Kier molecular flexibility index (Phi) is 5.11. The van der Waals surface area contributed by atoms with Crippen LogP contribution in [0.25, 0.3) is 0 Å². The van der Waals surface area contributed by atoms with E-state index >= 15 is 0 Å². The second kappa shape index (κ2) is 7.47. The Hall–Kier alpha value is -3.02. The third-order valence-electron chi connectivity index (χ3n) is 4.46. The molecule has 0 aliphatic heterocycles. The number of fused-ring (bicyclic) bond motifs is 1. The Balaban J connectivity index is 1.63. The average Bonchev–Trinajstić information content (AvgIpc) is 3.09. The van der Waals surface area contributed by atoms with Crippen LogP contribution >= 0.6 is 0 Å². The highest BCUT2D eigenvalue weighted by atomic mass is 16.5. The van der Waals surface area contributed by atoms with Crippen molar-refractivity contribution in [2.75, 3.05) is 0 Å². The van der Waals surface area contributed by atoms with Gasteiger partial charge >= 0.3 is 0 Å². The number of carbonyl (C=O) groups excluding carboxylic acids is 1. The molecular weight excluding hydrogens is 332 g/mol. The van der Waals surface area contributed by atoms with Gasteiger partial charge in [-0.3, -0.25) is 4.79 Å². The highest BCUT2D eigenvalue weighted by molar-refractivity contribution is 6.01. The molecule has 6 heteroatoms. The lowest BCUT2D eigenvalue weighted by atomic mass is 10.1. The Morgan fingerprint density at radius 3 is 2.73 bits per heavy atom. The van der Waals surface area contributed by atoms with Crippen molar-refractivity contribution < 1.29 is 19.7 Å². The summed E-state index contributed by atoms with van der Waals surface area (Å²) in [5.74, 6) is 0.247. The van der Waals surface area contributed by atoms with Crippen LogP contribution in [0.1, 0.15) is 37.0 Å². The number of nitrogens with zero attached hydrogens (tertiary/aromatic N) is 1. The van der Waals surface area contributed by atoms with Crippen molar-refractivity contribution in [2.45, 2.75) is 39.2 Å². The number of rotatable bonds is 5. The number of carbonyl (C=O) groups is 1. The number of benzene rings is 2. The Labute approximate surface area is 152 Å². The second-order valence-corrected chi connectivity index (χ2v) is 6.42. The summed E-state index contributed by atoms with van der Waals surface area (Å²) in [4.78, 5) is 12.2. The van der Waals surface area contributed by atoms with Crippen LogP contribution in [-0.2, 0) is 17.6 Å². The smallest absolute Gasteiger partial charge is 0.280 e. The normalized spacial score (nSPS) is 14.6. The fourth-order valence-electron chi connectivity index (χ4n) is 2.98. The van der Waals surface area contributed by atoms with E-state index in [4.69, 9.17) is 4.74 Å². The summed E-state index contributed by atoms with van der Waals surface area (Å²) in [7, 11) is 0. The van der Waals surface area contributed by atoms with Crippen LogP contribution in [-0.4, -0.2) is 27.9 Å². The minimum atomic E-state index is -0.719. The second-order valence-electron chi connectivity index (χ2n) is 6.42. The molecular formula is C20H22N2O4. The third-order valence-corrected chi connectivity index (χ3v) is 4.46. The average molecular weight is 354 g/mol. The molecule has 26 heavy (non-hydrogen) atoms. The van der Waals surface area contributed by atoms with E-state index in [2.05, 4.69) is 16.6 Å². The van der Waals surface area contributed by atoms with Gasteiger partial charge in [-0.1, -0.05) is 6.07 Å². The van der Waals surface area contributed by atoms with Crippen LogP contribution in [0.15, 0.2) is 41.5 Å². The minimum Gasteiger partial charge on any atom is -0.508 e. The number of hydrazone groups is 1. The van der Waals surface area contributed by atoms with Crippen LogP contribution in [0.3, 0.4) is 0 Å². The van der Waals surface area contributed by atoms with Gasteiger partial charge in [0.2, 0.25) is 0 Å². The molecule has 0 fully saturated rings. The largest absolute Gasteiger partial charge is 0.508 e. The first-order chi connectivity index (χ1) is 12.4. The van der Waals surface area contributed by atoms with Crippen molar-refractivity contribution in [1.82, 2.24) is 5.43 Å². The van der Waals surface area contributed by atoms with Crippen molar-refractivity contribution >= 4 is 11.6 Å². The van der Waals surface area contributed by atoms with Gasteiger partial charge in [0.25, 0.3) is 5.91 Å². The van der Waals surface area contributed by atoms with E-state index < -0.39 is 12.0 Å². The van der Waals surface area contributed by atoms with Crippen molar-refractivity contribution in [3.63, 3.8) is 0 Å². The maximum atomic E-state index is 12.2. The molecule has 3 rings (SSSR count). The molecule has 0 heterocycles. The number of ether oxygens (including phenoxy) is 1. The monoisotopic (exact) mass is 354 g/mol. The number of aryl methyl sites for hydroxylation is 2. The first-order valence-electron chi connectivity index (χ1n) is 8.59. The molecule has 1 unspecified atom stereocenters. The van der Waals surface area contributed by atoms with E-state index in [0.29, 0.717) is 17.0 Å². The maximum Gasteiger partial charge on any atom is 0.280 e. The van der Waals surface area contributed by atoms with Crippen molar-refractivity contribution in [3.8, 4) is 17.2 Å². The lowest BCUT2D eigenvalue weighted by Crippen LogP contribution is -2.34. The van der Waals surface area contributed by atoms with Gasteiger partial charge in [-0.2, -0.15) is 5.10 Å². The standard InChI is InChI=1S/C20H22N2O4/c1-12(18-11-16(23)7-9-19(18)24)21-22-20(25)13(2)26-17-8-6-14-4-3-5-15(14)10-17/h6-11,13,23-24H,3-5H2,1-2H3,(H,22,25)/b21-12+. The summed E-state index contributed by atoms with van der Waals surface area (Å²) in [5.41, 5.74) is 5.78. The topological polar surface area (TPSA) is 91.2 Å². The van der Waals surface area contributed by atoms with Gasteiger partial charge in [0.1, 0.15) is 17.2 Å². The zero-order valence-electron chi connectivity index (χ0n) is 14.8. The SMILES string of the molecule is C/C(=N\NC(=O)C(C)Oc1ccc2c(c1)CCC2)c1cc(O)ccc1O. The summed E-state index contributed by atoms with van der Waals surface area (Å²) in [6.45, 7) is 3.28. The number of phenolic OH excluding ortho intramolecular Hbond substituents is 2. The van der Waals surface area contributed by atoms with Gasteiger partial charge in [0.15, 0.2) is 6.10 Å². The van der Waals surface area contributed by atoms with Crippen LogP contribution in [0, 0.1) is 0 Å². The molecule has 6 nitrogen and oxygen atoms in total. The van der Waals surface area contributed by atoms with Crippen LogP contribution in [0.5, 0.6) is 17.2 Å². The number of hydrogen-bond acceptors (Lipinski definition) is 5. The quantitative estimate of drug-likeness (QED) is 0.437. The lowest BCUT2D eigenvalue weighted by molar-refractivity contribution is -0.127. The van der Waals surface area contributed by atoms with E-state index in [9.17, 15) is 15.0 Å². The van der Waals surface area contributed by atoms with Crippen LogP contribution in [0.2, 0.25) is 0 Å². The number of phenols is 2. The molecule has 0 bridgehead atoms. The Morgan fingerprint density at radius 1 is 1.15 bits per heavy atom. The van der Waals surface area contributed by atoms with E-state index in [1.54, 1.807) is 13.8 Å². The molecule has 2 aromatic rings. The summed E-state index contributed by atoms with van der Waals surface area (Å²) in [6, 6.07) is 10.0. The molecule has 0 radical (unpaired) electrons. The maximum absolute atomic E-state index is 12.2. The third kappa shape index (κ3) is 3.96. The van der Waals surface area contributed by atoms with E-state index in [1.807, 2.05) is 12.1 Å². The molecule has 0 saturated carbocycles. The molecule has 1 atom stereocenters. The molecule has 1 aliphatic carbocycles. The molecule has 136 valence electrons. The van der Waals surface area contributed by atoms with Gasteiger partial charge in [-0.15, -0.1) is 0 Å². The highest BCUT2D eigenvalue weighted by Gasteiger charge is 2.17. The number of hydrogen-bond donors (Lipinski definition) is 3. The Morgan fingerprint density at radius 2 is 1.92 bits per heavy atom. The molecule has 0 aromatic heterocycles. The molecule has 2 aromatic carbocycles. The summed E-state index contributed by atoms with van der Waals surface area (Å²) in [5, 5.41) is 23.3. The molecule has 0 spiro atoms. The van der Waals surface area contributed by atoms with Gasteiger partial charge in [-0.25, -0.2) is 5.43 Å². The van der Waals surface area contributed by atoms with E-state index in [0.717, 1.165) is 19.3 Å². The number of aromatic hydroxyl groups is 2. The predicted molar refractivity (Wildman–Crippen MR) is 98.7 cm³/mol.